The summed E-state index contributed by atoms with van der Waals surface area (Å²) >= 11 is 1.79. The van der Waals surface area contributed by atoms with Crippen LogP contribution in [0.3, 0.4) is 0 Å². The molecule has 0 fully saturated rings. The Hall–Kier alpha value is -1.64. The smallest absolute Gasteiger partial charge is 0.255 e. The third-order valence-electron chi connectivity index (χ3n) is 2.43. The molecule has 7 heteroatoms. The summed E-state index contributed by atoms with van der Waals surface area (Å²) < 4.78 is 52.2. The highest BCUT2D eigenvalue weighted by Gasteiger charge is 2.16. The molecule has 0 unspecified atom stereocenters. The monoisotopic (exact) mass is 395 g/mol. The minimum Gasteiger partial charge on any atom is -0.321 e. The second-order valence-electron chi connectivity index (χ2n) is 3.83. The molecule has 104 valence electrons. The summed E-state index contributed by atoms with van der Waals surface area (Å²) in [6, 6.07) is 4.80. The number of carbonyl (C=O) groups excluding carboxylic acids is 1. The summed E-state index contributed by atoms with van der Waals surface area (Å²) in [5, 5.41) is 2.36. The fraction of sp³-hybridized carbons (Fsp3) is 0. The first kappa shape index (κ1) is 14.8. The largest absolute Gasteiger partial charge is 0.321 e. The first-order valence-electron chi connectivity index (χ1n) is 5.29. The van der Waals surface area contributed by atoms with Crippen LogP contribution < -0.4 is 5.32 Å². The van der Waals surface area contributed by atoms with Gasteiger partial charge in [0, 0.05) is 9.13 Å². The average Bonchev–Trinajstić information content (AvgIpc) is 2.38. The molecule has 0 spiro atoms. The Morgan fingerprint density at radius 2 is 1.60 bits per heavy atom. The third-order valence-corrected chi connectivity index (χ3v) is 3.32. The Kier molecular flexibility index (Phi) is 4.26. The normalized spacial score (nSPS) is 10.4. The van der Waals surface area contributed by atoms with Crippen LogP contribution in [-0.4, -0.2) is 5.91 Å². The van der Waals surface area contributed by atoms with Crippen molar-refractivity contribution in [2.45, 2.75) is 0 Å². The highest BCUT2D eigenvalue weighted by atomic mass is 127. The van der Waals surface area contributed by atoms with Crippen LogP contribution in [-0.2, 0) is 0 Å². The van der Waals surface area contributed by atoms with Crippen LogP contribution in [0.5, 0.6) is 0 Å². The molecule has 0 aromatic heterocycles. The van der Waals surface area contributed by atoms with Gasteiger partial charge < -0.3 is 5.32 Å². The van der Waals surface area contributed by atoms with Gasteiger partial charge in [-0.15, -0.1) is 0 Å². The quantitative estimate of drug-likeness (QED) is 0.463. The standard InChI is InChI=1S/C13H6F4INO/c14-7-1-2-11(10(18)5-7)19-13(20)6-3-8(15)12(17)9(16)4-6/h1-5H,(H,19,20). The van der Waals surface area contributed by atoms with E-state index in [2.05, 4.69) is 5.32 Å². The molecule has 2 nitrogen and oxygen atoms in total. The van der Waals surface area contributed by atoms with Crippen LogP contribution in [0.15, 0.2) is 30.3 Å². The molecule has 0 aliphatic heterocycles. The van der Waals surface area contributed by atoms with E-state index in [1.165, 1.54) is 12.1 Å². The molecule has 1 amide bonds. The van der Waals surface area contributed by atoms with Gasteiger partial charge in [0.05, 0.1) is 5.69 Å². The zero-order valence-corrected chi connectivity index (χ0v) is 11.8. The van der Waals surface area contributed by atoms with E-state index in [-0.39, 0.29) is 11.3 Å². The summed E-state index contributed by atoms with van der Waals surface area (Å²) in [7, 11) is 0. The molecule has 0 saturated heterocycles. The van der Waals surface area contributed by atoms with Gasteiger partial charge in [-0.05, 0) is 52.9 Å². The topological polar surface area (TPSA) is 29.1 Å². The molecule has 0 atom stereocenters. The van der Waals surface area contributed by atoms with Crippen molar-refractivity contribution in [1.29, 1.82) is 0 Å². The number of amides is 1. The molecule has 0 radical (unpaired) electrons. The Balaban J connectivity index is 2.28. The van der Waals surface area contributed by atoms with Gasteiger partial charge in [0.1, 0.15) is 5.82 Å². The molecular weight excluding hydrogens is 389 g/mol. The first-order chi connectivity index (χ1) is 9.38. The van der Waals surface area contributed by atoms with Gasteiger partial charge in [-0.2, -0.15) is 0 Å². The Bertz CT molecular complexity index is 667. The van der Waals surface area contributed by atoms with E-state index < -0.39 is 29.2 Å². The lowest BCUT2D eigenvalue weighted by Gasteiger charge is -2.08. The van der Waals surface area contributed by atoms with E-state index in [1.807, 2.05) is 0 Å². The van der Waals surface area contributed by atoms with Crippen molar-refractivity contribution in [3.63, 3.8) is 0 Å². The fourth-order valence-electron chi connectivity index (χ4n) is 1.47. The molecule has 0 aliphatic carbocycles. The van der Waals surface area contributed by atoms with Crippen LogP contribution in [0.4, 0.5) is 23.2 Å². The van der Waals surface area contributed by atoms with Gasteiger partial charge in [0.25, 0.3) is 5.91 Å². The number of hydrogen-bond donors (Lipinski definition) is 1. The average molecular weight is 395 g/mol. The van der Waals surface area contributed by atoms with Crippen LogP contribution >= 0.6 is 22.6 Å². The predicted octanol–water partition coefficient (Wildman–Crippen LogP) is 4.10. The first-order valence-corrected chi connectivity index (χ1v) is 6.37. The Morgan fingerprint density at radius 1 is 1.00 bits per heavy atom. The summed E-state index contributed by atoms with van der Waals surface area (Å²) in [5.74, 6) is -5.86. The second kappa shape index (κ2) is 5.78. The van der Waals surface area contributed by atoms with Crippen molar-refractivity contribution in [2.24, 2.45) is 0 Å². The maximum Gasteiger partial charge on any atom is 0.255 e. The maximum atomic E-state index is 13.0. The summed E-state index contributed by atoms with van der Waals surface area (Å²) in [4.78, 5) is 11.8. The number of hydrogen-bond acceptors (Lipinski definition) is 1. The third kappa shape index (κ3) is 3.09. The number of rotatable bonds is 2. The van der Waals surface area contributed by atoms with Gasteiger partial charge in [-0.1, -0.05) is 0 Å². The summed E-state index contributed by atoms with van der Waals surface area (Å²) in [5.41, 5.74) is -0.0938. The summed E-state index contributed by atoms with van der Waals surface area (Å²) in [6.07, 6.45) is 0. The molecule has 2 rings (SSSR count). The number of nitrogens with one attached hydrogen (secondary N) is 1. The Labute approximate surface area is 124 Å². The number of anilines is 1. The fourth-order valence-corrected chi connectivity index (χ4v) is 2.08. The van der Waals surface area contributed by atoms with Crippen LogP contribution in [0, 0.1) is 26.8 Å². The lowest BCUT2D eigenvalue weighted by Crippen LogP contribution is -2.14. The minimum absolute atomic E-state index is 0.280. The SMILES string of the molecule is O=C(Nc1ccc(F)cc1I)c1cc(F)c(F)c(F)c1. The van der Waals surface area contributed by atoms with Crippen molar-refractivity contribution in [3.8, 4) is 0 Å². The van der Waals surface area contributed by atoms with Crippen molar-refractivity contribution < 1.29 is 22.4 Å². The van der Waals surface area contributed by atoms with Crippen molar-refractivity contribution >= 4 is 34.2 Å². The molecule has 2 aromatic carbocycles. The molecule has 0 saturated carbocycles. The van der Waals surface area contributed by atoms with E-state index in [0.29, 0.717) is 15.7 Å². The number of benzene rings is 2. The van der Waals surface area contributed by atoms with Gasteiger partial charge in [0.2, 0.25) is 0 Å². The second-order valence-corrected chi connectivity index (χ2v) is 4.99. The van der Waals surface area contributed by atoms with Gasteiger partial charge in [-0.3, -0.25) is 4.79 Å². The van der Waals surface area contributed by atoms with Gasteiger partial charge in [0.15, 0.2) is 17.5 Å². The molecule has 2 aromatic rings. The zero-order valence-electron chi connectivity index (χ0n) is 9.68. The Morgan fingerprint density at radius 3 is 2.15 bits per heavy atom. The van der Waals surface area contributed by atoms with Crippen molar-refractivity contribution in [3.05, 3.63) is 62.7 Å². The van der Waals surface area contributed by atoms with Crippen molar-refractivity contribution in [1.82, 2.24) is 0 Å². The van der Waals surface area contributed by atoms with Crippen molar-refractivity contribution in [2.75, 3.05) is 5.32 Å². The van der Waals surface area contributed by atoms with E-state index >= 15 is 0 Å². The number of halogens is 5. The lowest BCUT2D eigenvalue weighted by atomic mass is 10.2. The molecule has 0 aliphatic rings. The van der Waals surface area contributed by atoms with E-state index in [0.717, 1.165) is 6.07 Å². The lowest BCUT2D eigenvalue weighted by molar-refractivity contribution is 0.102. The molecular formula is C13H6F4INO. The maximum absolute atomic E-state index is 13.0. The molecule has 1 N–H and O–H groups in total. The van der Waals surface area contributed by atoms with Gasteiger partial charge >= 0.3 is 0 Å². The van der Waals surface area contributed by atoms with Crippen LogP contribution in [0.25, 0.3) is 0 Å². The predicted molar refractivity (Wildman–Crippen MR) is 73.4 cm³/mol. The molecule has 20 heavy (non-hydrogen) atoms. The van der Waals surface area contributed by atoms with E-state index in [4.69, 9.17) is 0 Å². The molecule has 0 bridgehead atoms. The van der Waals surface area contributed by atoms with Gasteiger partial charge in [-0.25, -0.2) is 17.6 Å². The van der Waals surface area contributed by atoms with E-state index in [9.17, 15) is 22.4 Å². The van der Waals surface area contributed by atoms with E-state index in [1.54, 1.807) is 22.6 Å². The minimum atomic E-state index is -1.64. The highest BCUT2D eigenvalue weighted by Crippen LogP contribution is 2.21. The highest BCUT2D eigenvalue weighted by molar-refractivity contribution is 14.1. The summed E-state index contributed by atoms with van der Waals surface area (Å²) in [6.45, 7) is 0. The van der Waals surface area contributed by atoms with Crippen LogP contribution in [0.1, 0.15) is 10.4 Å². The number of carbonyl (C=O) groups is 1. The zero-order chi connectivity index (χ0) is 14.9. The molecule has 0 heterocycles. The van der Waals surface area contributed by atoms with Crippen LogP contribution in [0.2, 0.25) is 0 Å².